The average molecular weight is 373 g/mol. The molecule has 1 unspecified atom stereocenters. The summed E-state index contributed by atoms with van der Waals surface area (Å²) in [5.74, 6) is 0.539. The first-order chi connectivity index (χ1) is 10.0. The molecule has 5 heteroatoms. The van der Waals surface area contributed by atoms with Crippen LogP contribution in [-0.4, -0.2) is 6.54 Å². The number of hydrogen-bond acceptors (Lipinski definition) is 2. The highest BCUT2D eigenvalue weighted by Gasteiger charge is 2.10. The summed E-state index contributed by atoms with van der Waals surface area (Å²) >= 11 is 9.34. The maximum atomic E-state index is 13.5. The van der Waals surface area contributed by atoms with E-state index in [0.717, 1.165) is 12.1 Å². The summed E-state index contributed by atoms with van der Waals surface area (Å²) in [6, 6.07) is 10.4. The zero-order valence-corrected chi connectivity index (χ0v) is 14.1. The molecule has 2 aromatic carbocycles. The fourth-order valence-corrected chi connectivity index (χ4v) is 2.43. The molecule has 2 aromatic rings. The van der Waals surface area contributed by atoms with Crippen LogP contribution >= 0.6 is 27.5 Å². The van der Waals surface area contributed by atoms with Gasteiger partial charge in [0.1, 0.15) is 17.3 Å². The fraction of sp³-hybridized carbons (Fsp3) is 0.250. The molecule has 0 aliphatic carbocycles. The van der Waals surface area contributed by atoms with E-state index in [9.17, 15) is 4.39 Å². The van der Waals surface area contributed by atoms with Crippen LogP contribution in [0.5, 0.6) is 11.5 Å². The molecule has 0 aliphatic rings. The summed E-state index contributed by atoms with van der Waals surface area (Å²) in [6.45, 7) is 5.01. The molecule has 0 bridgehead atoms. The van der Waals surface area contributed by atoms with E-state index in [-0.39, 0.29) is 11.9 Å². The molecule has 0 fully saturated rings. The summed E-state index contributed by atoms with van der Waals surface area (Å²) < 4.78 is 19.5. The van der Waals surface area contributed by atoms with Crippen LogP contribution in [0.1, 0.15) is 25.5 Å². The minimum Gasteiger partial charge on any atom is -0.456 e. The molecule has 21 heavy (non-hydrogen) atoms. The Hall–Kier alpha value is -1.10. The van der Waals surface area contributed by atoms with Crippen LogP contribution in [0.3, 0.4) is 0 Å². The van der Waals surface area contributed by atoms with E-state index in [1.165, 1.54) is 6.07 Å². The van der Waals surface area contributed by atoms with E-state index in [1.807, 2.05) is 12.1 Å². The number of rotatable bonds is 5. The van der Waals surface area contributed by atoms with Gasteiger partial charge in [-0.05, 0) is 59.2 Å². The SMILES string of the molecule is CCNC(C)c1ccc(Oc2ccc(Br)c(F)c2)c(Cl)c1. The van der Waals surface area contributed by atoms with Gasteiger partial charge in [-0.1, -0.05) is 24.6 Å². The first-order valence-corrected chi connectivity index (χ1v) is 7.84. The molecule has 0 heterocycles. The van der Waals surface area contributed by atoms with Crippen molar-refractivity contribution in [1.29, 1.82) is 0 Å². The normalized spacial score (nSPS) is 12.2. The summed E-state index contributed by atoms with van der Waals surface area (Å²) in [7, 11) is 0. The smallest absolute Gasteiger partial charge is 0.146 e. The number of hydrogen-bond donors (Lipinski definition) is 1. The Morgan fingerprint density at radius 1 is 1.29 bits per heavy atom. The Kier molecular flexibility index (Phi) is 5.62. The van der Waals surface area contributed by atoms with Crippen molar-refractivity contribution in [3.63, 3.8) is 0 Å². The molecule has 1 N–H and O–H groups in total. The first-order valence-electron chi connectivity index (χ1n) is 6.67. The number of nitrogens with one attached hydrogen (secondary N) is 1. The predicted molar refractivity (Wildman–Crippen MR) is 87.7 cm³/mol. The molecule has 0 aromatic heterocycles. The van der Waals surface area contributed by atoms with Crippen molar-refractivity contribution in [2.24, 2.45) is 0 Å². The molecule has 0 radical (unpaired) electrons. The van der Waals surface area contributed by atoms with Gasteiger partial charge in [0.05, 0.1) is 9.50 Å². The van der Waals surface area contributed by atoms with Crippen molar-refractivity contribution < 1.29 is 9.13 Å². The summed E-state index contributed by atoms with van der Waals surface area (Å²) in [5, 5.41) is 3.82. The topological polar surface area (TPSA) is 21.3 Å². The van der Waals surface area contributed by atoms with Gasteiger partial charge < -0.3 is 10.1 Å². The van der Waals surface area contributed by atoms with Gasteiger partial charge in [0.25, 0.3) is 0 Å². The van der Waals surface area contributed by atoms with Gasteiger partial charge in [-0.2, -0.15) is 0 Å². The van der Waals surface area contributed by atoms with Crippen LogP contribution in [0.15, 0.2) is 40.9 Å². The Bertz CT molecular complexity index is 636. The van der Waals surface area contributed by atoms with Crippen molar-refractivity contribution >= 4 is 27.5 Å². The molecule has 0 amide bonds. The molecule has 112 valence electrons. The summed E-state index contributed by atoms with van der Waals surface area (Å²) in [5.41, 5.74) is 1.08. The lowest BCUT2D eigenvalue weighted by atomic mass is 10.1. The highest BCUT2D eigenvalue weighted by molar-refractivity contribution is 9.10. The van der Waals surface area contributed by atoms with E-state index < -0.39 is 0 Å². The molecular formula is C16H16BrClFNO. The van der Waals surface area contributed by atoms with Gasteiger partial charge in [0.2, 0.25) is 0 Å². The van der Waals surface area contributed by atoms with Gasteiger partial charge in [0.15, 0.2) is 0 Å². The molecule has 0 saturated carbocycles. The number of ether oxygens (including phenoxy) is 1. The van der Waals surface area contributed by atoms with Gasteiger partial charge >= 0.3 is 0 Å². The van der Waals surface area contributed by atoms with E-state index >= 15 is 0 Å². The van der Waals surface area contributed by atoms with Crippen LogP contribution in [0.4, 0.5) is 4.39 Å². The third-order valence-electron chi connectivity index (χ3n) is 3.09. The highest BCUT2D eigenvalue weighted by Crippen LogP contribution is 2.32. The van der Waals surface area contributed by atoms with E-state index in [2.05, 4.69) is 35.1 Å². The van der Waals surface area contributed by atoms with Crippen molar-refractivity contribution in [3.8, 4) is 11.5 Å². The Morgan fingerprint density at radius 2 is 2.05 bits per heavy atom. The highest BCUT2D eigenvalue weighted by atomic mass is 79.9. The molecule has 0 aliphatic heterocycles. The van der Waals surface area contributed by atoms with Crippen LogP contribution in [0.2, 0.25) is 5.02 Å². The van der Waals surface area contributed by atoms with E-state index in [0.29, 0.717) is 21.0 Å². The number of halogens is 3. The molecule has 0 saturated heterocycles. The van der Waals surface area contributed by atoms with Gasteiger partial charge in [-0.3, -0.25) is 0 Å². The summed E-state index contributed by atoms with van der Waals surface area (Å²) in [6.07, 6.45) is 0. The van der Waals surface area contributed by atoms with Crippen LogP contribution < -0.4 is 10.1 Å². The molecule has 1 atom stereocenters. The second-order valence-electron chi connectivity index (χ2n) is 4.65. The maximum Gasteiger partial charge on any atom is 0.146 e. The van der Waals surface area contributed by atoms with Crippen LogP contribution in [-0.2, 0) is 0 Å². The monoisotopic (exact) mass is 371 g/mol. The third-order valence-corrected chi connectivity index (χ3v) is 4.02. The largest absolute Gasteiger partial charge is 0.456 e. The lowest BCUT2D eigenvalue weighted by Gasteiger charge is -2.15. The fourth-order valence-electron chi connectivity index (χ4n) is 1.96. The Balaban J connectivity index is 2.19. The van der Waals surface area contributed by atoms with E-state index in [4.69, 9.17) is 16.3 Å². The maximum absolute atomic E-state index is 13.5. The molecule has 0 spiro atoms. The van der Waals surface area contributed by atoms with Gasteiger partial charge in [0, 0.05) is 12.1 Å². The van der Waals surface area contributed by atoms with Crippen LogP contribution in [0.25, 0.3) is 0 Å². The standard InChI is InChI=1S/C16H16BrClFNO/c1-3-20-10(2)11-4-7-16(14(18)8-11)21-12-5-6-13(17)15(19)9-12/h4-10,20H,3H2,1-2H3. The predicted octanol–water partition coefficient (Wildman–Crippen LogP) is 5.70. The molecular weight excluding hydrogens is 357 g/mol. The lowest BCUT2D eigenvalue weighted by molar-refractivity contribution is 0.475. The Labute approximate surface area is 137 Å². The third kappa shape index (κ3) is 4.19. The van der Waals surface area contributed by atoms with Crippen molar-refractivity contribution in [2.45, 2.75) is 19.9 Å². The minimum atomic E-state index is -0.374. The van der Waals surface area contributed by atoms with Crippen molar-refractivity contribution in [1.82, 2.24) is 5.32 Å². The van der Waals surface area contributed by atoms with Crippen molar-refractivity contribution in [3.05, 3.63) is 57.3 Å². The van der Waals surface area contributed by atoms with Crippen LogP contribution in [0, 0.1) is 5.82 Å². The Morgan fingerprint density at radius 3 is 2.67 bits per heavy atom. The quantitative estimate of drug-likeness (QED) is 0.726. The minimum absolute atomic E-state index is 0.215. The molecule has 2 rings (SSSR count). The summed E-state index contributed by atoms with van der Waals surface area (Å²) in [4.78, 5) is 0. The first kappa shape index (κ1) is 16.3. The lowest BCUT2D eigenvalue weighted by Crippen LogP contribution is -2.17. The second kappa shape index (κ2) is 7.25. The van der Waals surface area contributed by atoms with Gasteiger partial charge in [-0.25, -0.2) is 4.39 Å². The second-order valence-corrected chi connectivity index (χ2v) is 5.91. The van der Waals surface area contributed by atoms with Gasteiger partial charge in [-0.15, -0.1) is 0 Å². The zero-order chi connectivity index (χ0) is 15.4. The zero-order valence-electron chi connectivity index (χ0n) is 11.8. The van der Waals surface area contributed by atoms with E-state index in [1.54, 1.807) is 18.2 Å². The average Bonchev–Trinajstić information content (AvgIpc) is 2.45. The molecule has 2 nitrogen and oxygen atoms in total. The van der Waals surface area contributed by atoms with Crippen molar-refractivity contribution in [2.75, 3.05) is 6.54 Å². The number of benzene rings is 2.